The Kier molecular flexibility index (Phi) is 5.92. The number of amides is 1. The van der Waals surface area contributed by atoms with E-state index in [0.29, 0.717) is 37.7 Å². The molecule has 1 aliphatic heterocycles. The number of hydrogen-bond acceptors (Lipinski definition) is 7. The standard InChI is InChI=1S/C21H27N5O3S/c1-4-16-22-20-26(23-16)19(27)18(30-20)17(15-8-6-7-14(3)13-15)24-9-11-25(12-10-24)21(28)29-5-2/h6-8,13,17,27H,4-5,9-12H2,1-3H3/t17-/m0/s1. The molecule has 1 fully saturated rings. The SMILES string of the molecule is CCOC(=O)N1CCN([C@@H](c2cccc(C)c2)c2sc3nc(CC)nn3c2O)CC1. The number of hydrogen-bond donors (Lipinski definition) is 1. The van der Waals surface area contributed by atoms with Gasteiger partial charge in [0.05, 0.1) is 17.5 Å². The Bertz CT molecular complexity index is 1040. The molecule has 1 saturated heterocycles. The van der Waals surface area contributed by atoms with Crippen LogP contribution in [0.1, 0.15) is 41.7 Å². The molecule has 160 valence electrons. The zero-order valence-electron chi connectivity index (χ0n) is 17.5. The van der Waals surface area contributed by atoms with Crippen molar-refractivity contribution in [1.82, 2.24) is 24.4 Å². The zero-order valence-corrected chi connectivity index (χ0v) is 18.4. The molecule has 0 radical (unpaired) electrons. The molecule has 9 heteroatoms. The molecule has 0 spiro atoms. The molecule has 1 atom stereocenters. The van der Waals surface area contributed by atoms with Crippen LogP contribution in [-0.4, -0.2) is 68.4 Å². The van der Waals surface area contributed by atoms with Crippen LogP contribution in [0.5, 0.6) is 5.88 Å². The molecule has 0 saturated carbocycles. The van der Waals surface area contributed by atoms with Gasteiger partial charge in [0.25, 0.3) is 0 Å². The van der Waals surface area contributed by atoms with Crippen LogP contribution in [0.2, 0.25) is 0 Å². The number of ether oxygens (including phenoxy) is 1. The molecule has 0 bridgehead atoms. The van der Waals surface area contributed by atoms with Crippen LogP contribution >= 0.6 is 11.3 Å². The average Bonchev–Trinajstić information content (AvgIpc) is 3.28. The summed E-state index contributed by atoms with van der Waals surface area (Å²) in [7, 11) is 0. The van der Waals surface area contributed by atoms with E-state index in [2.05, 4.69) is 40.1 Å². The summed E-state index contributed by atoms with van der Waals surface area (Å²) in [6.07, 6.45) is 0.457. The number of aromatic hydroxyl groups is 1. The molecule has 0 unspecified atom stereocenters. The first-order valence-electron chi connectivity index (χ1n) is 10.3. The van der Waals surface area contributed by atoms with Crippen LogP contribution in [0, 0.1) is 6.92 Å². The highest BCUT2D eigenvalue weighted by atomic mass is 32.1. The number of rotatable bonds is 5. The Balaban J connectivity index is 1.67. The van der Waals surface area contributed by atoms with Gasteiger partial charge in [-0.3, -0.25) is 4.90 Å². The van der Waals surface area contributed by atoms with Crippen molar-refractivity contribution in [2.24, 2.45) is 0 Å². The quantitative estimate of drug-likeness (QED) is 0.670. The number of benzene rings is 1. The van der Waals surface area contributed by atoms with Crippen molar-refractivity contribution in [2.75, 3.05) is 32.8 Å². The minimum Gasteiger partial charge on any atom is -0.492 e. The lowest BCUT2D eigenvalue weighted by molar-refractivity contribution is 0.0715. The summed E-state index contributed by atoms with van der Waals surface area (Å²) in [5, 5.41) is 15.4. The summed E-state index contributed by atoms with van der Waals surface area (Å²) >= 11 is 1.47. The van der Waals surface area contributed by atoms with E-state index in [1.54, 1.807) is 4.90 Å². The van der Waals surface area contributed by atoms with Crippen LogP contribution < -0.4 is 0 Å². The van der Waals surface area contributed by atoms with E-state index in [9.17, 15) is 9.90 Å². The van der Waals surface area contributed by atoms with Gasteiger partial charge in [0.2, 0.25) is 10.8 Å². The fourth-order valence-electron chi connectivity index (χ4n) is 3.86. The third kappa shape index (κ3) is 3.87. The van der Waals surface area contributed by atoms with Gasteiger partial charge in [-0.25, -0.2) is 9.78 Å². The van der Waals surface area contributed by atoms with Gasteiger partial charge >= 0.3 is 6.09 Å². The molecular weight excluding hydrogens is 402 g/mol. The summed E-state index contributed by atoms with van der Waals surface area (Å²) < 4.78 is 6.68. The zero-order chi connectivity index (χ0) is 21.3. The Morgan fingerprint density at radius 3 is 2.67 bits per heavy atom. The van der Waals surface area contributed by atoms with E-state index < -0.39 is 0 Å². The summed E-state index contributed by atoms with van der Waals surface area (Å²) in [6.45, 7) is 8.79. The predicted molar refractivity (Wildman–Crippen MR) is 115 cm³/mol. The molecule has 1 N–H and O–H groups in total. The maximum atomic E-state index is 12.1. The van der Waals surface area contributed by atoms with Gasteiger partial charge in [0.1, 0.15) is 0 Å². The normalized spacial score (nSPS) is 16.2. The number of carbonyl (C=O) groups excluding carboxylic acids is 1. The summed E-state index contributed by atoms with van der Waals surface area (Å²) in [4.78, 5) is 22.2. The minimum absolute atomic E-state index is 0.132. The second-order valence-corrected chi connectivity index (χ2v) is 8.41. The molecule has 2 aromatic heterocycles. The van der Waals surface area contributed by atoms with E-state index in [1.165, 1.54) is 15.9 Å². The third-order valence-corrected chi connectivity index (χ3v) is 6.44. The largest absolute Gasteiger partial charge is 0.492 e. The molecule has 0 aliphatic carbocycles. The minimum atomic E-state index is -0.266. The van der Waals surface area contributed by atoms with Crippen LogP contribution in [0.3, 0.4) is 0 Å². The van der Waals surface area contributed by atoms with E-state index in [1.807, 2.05) is 19.9 Å². The molecule has 1 amide bonds. The smallest absolute Gasteiger partial charge is 0.409 e. The van der Waals surface area contributed by atoms with Crippen molar-refractivity contribution in [3.05, 3.63) is 46.1 Å². The van der Waals surface area contributed by atoms with Gasteiger partial charge in [-0.1, -0.05) is 48.1 Å². The second-order valence-electron chi connectivity index (χ2n) is 7.40. The highest BCUT2D eigenvalue weighted by molar-refractivity contribution is 7.17. The van der Waals surface area contributed by atoms with Gasteiger partial charge in [-0.05, 0) is 19.4 Å². The third-order valence-electron chi connectivity index (χ3n) is 5.37. The summed E-state index contributed by atoms with van der Waals surface area (Å²) in [5.41, 5.74) is 2.27. The van der Waals surface area contributed by atoms with E-state index in [0.717, 1.165) is 28.2 Å². The molecule has 3 aromatic rings. The maximum Gasteiger partial charge on any atom is 0.409 e. The monoisotopic (exact) mass is 429 g/mol. The second kappa shape index (κ2) is 8.61. The first-order chi connectivity index (χ1) is 14.5. The Labute approximate surface area is 179 Å². The van der Waals surface area contributed by atoms with Crippen molar-refractivity contribution >= 4 is 22.4 Å². The van der Waals surface area contributed by atoms with E-state index in [4.69, 9.17) is 4.74 Å². The molecule has 3 heterocycles. The summed E-state index contributed by atoms with van der Waals surface area (Å²) in [6, 6.07) is 8.20. The maximum absolute atomic E-state index is 12.1. The van der Waals surface area contributed by atoms with Gasteiger partial charge in [-0.2, -0.15) is 4.52 Å². The van der Waals surface area contributed by atoms with Gasteiger partial charge in [-0.15, -0.1) is 5.10 Å². The van der Waals surface area contributed by atoms with E-state index >= 15 is 0 Å². The molecule has 1 aromatic carbocycles. The van der Waals surface area contributed by atoms with Crippen LogP contribution in [-0.2, 0) is 11.2 Å². The van der Waals surface area contributed by atoms with Crippen LogP contribution in [0.15, 0.2) is 24.3 Å². The van der Waals surface area contributed by atoms with Gasteiger partial charge < -0.3 is 14.7 Å². The summed E-state index contributed by atoms with van der Waals surface area (Å²) in [5.74, 6) is 0.861. The number of aromatic nitrogens is 3. The molecule has 8 nitrogen and oxygen atoms in total. The van der Waals surface area contributed by atoms with Crippen molar-refractivity contribution in [3.8, 4) is 5.88 Å². The first-order valence-corrected chi connectivity index (χ1v) is 11.1. The molecule has 30 heavy (non-hydrogen) atoms. The Hall–Kier alpha value is -2.65. The highest BCUT2D eigenvalue weighted by Crippen LogP contribution is 2.40. The van der Waals surface area contributed by atoms with Crippen molar-refractivity contribution in [1.29, 1.82) is 0 Å². The fraction of sp³-hybridized carbons (Fsp3) is 0.476. The van der Waals surface area contributed by atoms with Crippen molar-refractivity contribution in [3.63, 3.8) is 0 Å². The average molecular weight is 430 g/mol. The molecular formula is C21H27N5O3S. The number of piperazine rings is 1. The number of fused-ring (bicyclic) bond motifs is 1. The lowest BCUT2D eigenvalue weighted by Crippen LogP contribution is -2.49. The lowest BCUT2D eigenvalue weighted by Gasteiger charge is -2.38. The number of aryl methyl sites for hydroxylation is 2. The fourth-order valence-corrected chi connectivity index (χ4v) is 5.00. The Morgan fingerprint density at radius 2 is 2.03 bits per heavy atom. The van der Waals surface area contributed by atoms with Crippen molar-refractivity contribution < 1.29 is 14.6 Å². The highest BCUT2D eigenvalue weighted by Gasteiger charge is 2.33. The van der Waals surface area contributed by atoms with Gasteiger partial charge in [0.15, 0.2) is 5.82 Å². The topological polar surface area (TPSA) is 83.2 Å². The number of thiazole rings is 1. The molecule has 4 rings (SSSR count). The van der Waals surface area contributed by atoms with Crippen LogP contribution in [0.4, 0.5) is 4.79 Å². The predicted octanol–water partition coefficient (Wildman–Crippen LogP) is 3.23. The van der Waals surface area contributed by atoms with Crippen LogP contribution in [0.25, 0.3) is 4.96 Å². The van der Waals surface area contributed by atoms with Gasteiger partial charge in [0, 0.05) is 32.6 Å². The van der Waals surface area contributed by atoms with E-state index in [-0.39, 0.29) is 18.0 Å². The van der Waals surface area contributed by atoms with Crippen molar-refractivity contribution in [2.45, 2.75) is 33.2 Å². The first kappa shape index (κ1) is 20.6. The Morgan fingerprint density at radius 1 is 1.27 bits per heavy atom. The lowest BCUT2D eigenvalue weighted by atomic mass is 10.0. The molecule has 1 aliphatic rings. The number of carbonyl (C=O) groups is 1. The number of nitrogens with zero attached hydrogens (tertiary/aromatic N) is 5.